The van der Waals surface area contributed by atoms with Gasteiger partial charge in [0.2, 0.25) is 5.91 Å². The highest BCUT2D eigenvalue weighted by molar-refractivity contribution is 5.92. The van der Waals surface area contributed by atoms with Gasteiger partial charge in [0, 0.05) is 32.0 Å². The number of halogens is 3. The molecule has 2 aliphatic heterocycles. The number of piperidine rings is 1. The molecule has 5 atom stereocenters. The SMILES string of the molecule is CC(=O)Oc1ccc2c3c1OC1C(N(CC(C)C)C(=O)C=Cc4cccc(OC(F)(F)F)c4)CC[C@@]4(OC(C)=O)[C@@H](C2)N(C)CC[C@]314. The van der Waals surface area contributed by atoms with Crippen molar-refractivity contribution in [3.05, 3.63) is 59.2 Å². The van der Waals surface area contributed by atoms with Gasteiger partial charge < -0.3 is 23.8 Å². The van der Waals surface area contributed by atoms with Gasteiger partial charge in [-0.3, -0.25) is 19.3 Å². The maximum Gasteiger partial charge on any atom is 0.573 e. The highest BCUT2D eigenvalue weighted by Crippen LogP contribution is 2.67. The molecule has 0 aromatic heterocycles. The molecule has 2 bridgehead atoms. The number of hydrogen-bond acceptors (Lipinski definition) is 8. The fraction of sp³-hybridized carbons (Fsp3) is 0.514. The van der Waals surface area contributed by atoms with E-state index < -0.39 is 41.5 Å². The fourth-order valence-corrected chi connectivity index (χ4v) is 8.56. The third-order valence-corrected chi connectivity index (χ3v) is 9.98. The van der Waals surface area contributed by atoms with E-state index in [0.29, 0.717) is 50.1 Å². The molecule has 1 spiro atoms. The number of ether oxygens (including phenoxy) is 4. The van der Waals surface area contributed by atoms with Crippen LogP contribution in [-0.2, 0) is 31.0 Å². The van der Waals surface area contributed by atoms with Gasteiger partial charge in [0.1, 0.15) is 17.5 Å². The van der Waals surface area contributed by atoms with Gasteiger partial charge in [-0.15, -0.1) is 13.2 Å². The average molecular weight is 657 g/mol. The van der Waals surface area contributed by atoms with Crippen LogP contribution in [0.3, 0.4) is 0 Å². The molecular formula is C35H39F3N2O7. The second kappa shape index (κ2) is 11.9. The minimum Gasteiger partial charge on any atom is -0.483 e. The van der Waals surface area contributed by atoms with Crippen molar-refractivity contribution in [2.24, 2.45) is 5.92 Å². The summed E-state index contributed by atoms with van der Waals surface area (Å²) in [5.74, 6) is -0.805. The largest absolute Gasteiger partial charge is 0.573 e. The molecule has 2 aromatic carbocycles. The molecule has 0 radical (unpaired) electrons. The Morgan fingerprint density at radius 1 is 1.13 bits per heavy atom. The summed E-state index contributed by atoms with van der Waals surface area (Å²) in [5, 5.41) is 0. The van der Waals surface area contributed by atoms with Crippen LogP contribution < -0.4 is 14.2 Å². The lowest BCUT2D eigenvalue weighted by molar-refractivity contribution is -0.274. The topological polar surface area (TPSA) is 94.6 Å². The predicted octanol–water partition coefficient (Wildman–Crippen LogP) is 5.43. The summed E-state index contributed by atoms with van der Waals surface area (Å²) < 4.78 is 61.4. The second-order valence-corrected chi connectivity index (χ2v) is 13.4. The Labute approximate surface area is 271 Å². The second-order valence-electron chi connectivity index (χ2n) is 13.4. The Kier molecular flexibility index (Phi) is 8.30. The summed E-state index contributed by atoms with van der Waals surface area (Å²) in [4.78, 5) is 43.1. The zero-order chi connectivity index (χ0) is 33.9. The van der Waals surface area contributed by atoms with Gasteiger partial charge in [0.15, 0.2) is 11.5 Å². The molecule has 1 saturated carbocycles. The molecule has 1 saturated heterocycles. The van der Waals surface area contributed by atoms with E-state index in [0.717, 1.165) is 11.1 Å². The maximum absolute atomic E-state index is 14.1. The van der Waals surface area contributed by atoms with E-state index in [1.165, 1.54) is 44.2 Å². The number of likely N-dealkylation sites (N-methyl/N-ethyl adjacent to an activating group) is 1. The summed E-state index contributed by atoms with van der Waals surface area (Å²) in [6, 6.07) is 8.53. The van der Waals surface area contributed by atoms with Gasteiger partial charge in [0.25, 0.3) is 0 Å². The molecule has 2 heterocycles. The number of amides is 1. The van der Waals surface area contributed by atoms with Crippen molar-refractivity contribution in [1.29, 1.82) is 0 Å². The quantitative estimate of drug-likeness (QED) is 0.211. The minimum absolute atomic E-state index is 0.0704. The molecule has 0 N–H and O–H groups in total. The Hall–Kier alpha value is -4.06. The first-order chi connectivity index (χ1) is 22.1. The van der Waals surface area contributed by atoms with E-state index in [1.54, 1.807) is 17.0 Å². The first kappa shape index (κ1) is 32.9. The monoisotopic (exact) mass is 656 g/mol. The number of alkyl halides is 3. The average Bonchev–Trinajstić information content (AvgIpc) is 3.32. The van der Waals surface area contributed by atoms with Crippen LogP contribution in [0.4, 0.5) is 13.2 Å². The van der Waals surface area contributed by atoms with Crippen LogP contribution in [0.15, 0.2) is 42.5 Å². The van der Waals surface area contributed by atoms with Gasteiger partial charge in [-0.1, -0.05) is 32.0 Å². The lowest BCUT2D eigenvalue weighted by Gasteiger charge is -2.65. The van der Waals surface area contributed by atoms with Crippen molar-refractivity contribution in [3.63, 3.8) is 0 Å². The third-order valence-electron chi connectivity index (χ3n) is 9.98. The first-order valence-electron chi connectivity index (χ1n) is 15.9. The highest BCUT2D eigenvalue weighted by Gasteiger charge is 2.75. The van der Waals surface area contributed by atoms with Crippen LogP contribution in [0, 0.1) is 5.92 Å². The van der Waals surface area contributed by atoms with Crippen molar-refractivity contribution >= 4 is 23.9 Å². The number of carbonyl (C=O) groups excluding carboxylic acids is 3. The Morgan fingerprint density at radius 3 is 2.57 bits per heavy atom. The van der Waals surface area contributed by atoms with Crippen LogP contribution in [0.1, 0.15) is 63.6 Å². The van der Waals surface area contributed by atoms with Crippen molar-refractivity contribution in [3.8, 4) is 17.2 Å². The van der Waals surface area contributed by atoms with Crippen LogP contribution in [0.2, 0.25) is 0 Å². The number of esters is 2. The van der Waals surface area contributed by atoms with Crippen LogP contribution in [0.25, 0.3) is 6.08 Å². The molecular weight excluding hydrogens is 617 g/mol. The molecule has 12 heteroatoms. The van der Waals surface area contributed by atoms with Crippen LogP contribution >= 0.6 is 0 Å². The molecule has 2 aromatic rings. The van der Waals surface area contributed by atoms with E-state index in [9.17, 15) is 27.6 Å². The molecule has 1 amide bonds. The van der Waals surface area contributed by atoms with Crippen molar-refractivity contribution in [2.75, 3.05) is 20.1 Å². The molecule has 47 heavy (non-hydrogen) atoms. The van der Waals surface area contributed by atoms with E-state index in [1.807, 2.05) is 27.0 Å². The fourth-order valence-electron chi connectivity index (χ4n) is 8.56. The van der Waals surface area contributed by atoms with E-state index in [2.05, 4.69) is 9.64 Å². The number of benzene rings is 2. The Morgan fingerprint density at radius 2 is 1.89 bits per heavy atom. The summed E-state index contributed by atoms with van der Waals surface area (Å²) in [6.45, 7) is 7.82. The zero-order valence-corrected chi connectivity index (χ0v) is 27.1. The standard InChI is InChI=1S/C35H39F3N2O7/c1-20(2)19-40(29(43)12-9-23-7-6-8-25(17-23)47-35(36,37)38)26-13-14-34(46-22(4)42)28-18-24-10-11-27(44-21(3)41)31-30(24)33(34,32(26)45-31)15-16-39(28)5/h6-12,17,20,26,28,32H,13-16,18-19H2,1-5H3/t26?,28-,32?,33+,34-/m1/s1. The molecule has 2 fully saturated rings. The molecule has 9 nitrogen and oxygen atoms in total. The Balaban J connectivity index is 1.43. The van der Waals surface area contributed by atoms with E-state index in [4.69, 9.17) is 14.2 Å². The number of nitrogens with zero attached hydrogens (tertiary/aromatic N) is 2. The van der Waals surface area contributed by atoms with Gasteiger partial charge in [0.05, 0.1) is 17.5 Å². The molecule has 6 rings (SSSR count). The summed E-state index contributed by atoms with van der Waals surface area (Å²) in [7, 11) is 2.03. The number of hydrogen-bond donors (Lipinski definition) is 0. The zero-order valence-electron chi connectivity index (χ0n) is 27.1. The van der Waals surface area contributed by atoms with Gasteiger partial charge in [-0.05, 0) is 80.6 Å². The van der Waals surface area contributed by atoms with Gasteiger partial charge in [-0.25, -0.2) is 0 Å². The molecule has 2 unspecified atom stereocenters. The minimum atomic E-state index is -4.84. The van der Waals surface area contributed by atoms with Crippen LogP contribution in [-0.4, -0.2) is 77.9 Å². The summed E-state index contributed by atoms with van der Waals surface area (Å²) in [5.41, 5.74) is 0.514. The summed E-state index contributed by atoms with van der Waals surface area (Å²) >= 11 is 0. The molecule has 252 valence electrons. The normalized spacial score (nSPS) is 27.6. The predicted molar refractivity (Wildman–Crippen MR) is 165 cm³/mol. The van der Waals surface area contributed by atoms with Crippen LogP contribution in [0.5, 0.6) is 17.2 Å². The first-order valence-corrected chi connectivity index (χ1v) is 15.9. The Bertz CT molecular complexity index is 1620. The lowest BCUT2D eigenvalue weighted by Crippen LogP contribution is -2.79. The van der Waals surface area contributed by atoms with E-state index >= 15 is 0 Å². The van der Waals surface area contributed by atoms with Gasteiger partial charge >= 0.3 is 18.3 Å². The molecule has 2 aliphatic carbocycles. The highest BCUT2D eigenvalue weighted by atomic mass is 19.4. The maximum atomic E-state index is 14.1. The van der Waals surface area contributed by atoms with E-state index in [-0.39, 0.29) is 29.4 Å². The number of likely N-dealkylation sites (tertiary alicyclic amines) is 1. The molecule has 4 aliphatic rings. The van der Waals surface area contributed by atoms with Gasteiger partial charge in [-0.2, -0.15) is 0 Å². The summed E-state index contributed by atoms with van der Waals surface area (Å²) in [6.07, 6.45) is -0.492. The smallest absolute Gasteiger partial charge is 0.483 e. The van der Waals surface area contributed by atoms with Crippen molar-refractivity contribution < 1.29 is 46.5 Å². The van der Waals surface area contributed by atoms with Crippen molar-refractivity contribution in [1.82, 2.24) is 9.80 Å². The van der Waals surface area contributed by atoms with Crippen molar-refractivity contribution in [2.45, 2.75) is 88.9 Å². The lowest BCUT2D eigenvalue weighted by atomic mass is 9.48. The number of carbonyl (C=O) groups is 3. The number of rotatable bonds is 8. The third kappa shape index (κ3) is 5.64.